The molecule has 0 spiro atoms. The molecule has 0 saturated carbocycles. The van der Waals surface area contributed by atoms with Gasteiger partial charge in [-0.05, 0) is 25.0 Å². The van der Waals surface area contributed by atoms with Crippen molar-refractivity contribution in [2.45, 2.75) is 33.1 Å². The van der Waals surface area contributed by atoms with Gasteiger partial charge in [-0.3, -0.25) is 9.59 Å². The standard InChI is InChI=1S/C17H23NO4/c1-4-10-22-14-9-7-8-13(11-14)18-15(19)12-17(5-2,6-3)16(20)21/h4,7-9,11H,1,5-6,10,12H2,2-3H3,(H,18,19)(H,20,21). The topological polar surface area (TPSA) is 75.6 Å². The van der Waals surface area contributed by atoms with Crippen molar-refractivity contribution in [1.82, 2.24) is 0 Å². The van der Waals surface area contributed by atoms with Gasteiger partial charge in [-0.15, -0.1) is 0 Å². The number of carbonyl (C=O) groups excluding carboxylic acids is 1. The Morgan fingerprint density at radius 3 is 2.59 bits per heavy atom. The van der Waals surface area contributed by atoms with E-state index >= 15 is 0 Å². The van der Waals surface area contributed by atoms with E-state index in [-0.39, 0.29) is 12.3 Å². The quantitative estimate of drug-likeness (QED) is 0.685. The third-order valence-corrected chi connectivity index (χ3v) is 3.79. The van der Waals surface area contributed by atoms with Crippen molar-refractivity contribution in [1.29, 1.82) is 0 Å². The minimum atomic E-state index is -1.01. The number of anilines is 1. The molecule has 0 aliphatic carbocycles. The highest BCUT2D eigenvalue weighted by atomic mass is 16.5. The Morgan fingerprint density at radius 1 is 1.36 bits per heavy atom. The van der Waals surface area contributed by atoms with Crippen molar-refractivity contribution in [3.05, 3.63) is 36.9 Å². The number of aliphatic carboxylic acids is 1. The third kappa shape index (κ3) is 4.62. The lowest BCUT2D eigenvalue weighted by molar-refractivity contribution is -0.151. The molecular formula is C17H23NO4. The summed E-state index contributed by atoms with van der Waals surface area (Å²) in [6, 6.07) is 6.97. The van der Waals surface area contributed by atoms with Gasteiger partial charge < -0.3 is 15.2 Å². The highest BCUT2D eigenvalue weighted by Gasteiger charge is 2.37. The summed E-state index contributed by atoms with van der Waals surface area (Å²) in [5.41, 5.74) is -0.431. The number of nitrogens with one attached hydrogen (secondary N) is 1. The first-order valence-corrected chi connectivity index (χ1v) is 7.34. The molecule has 0 aliphatic rings. The lowest BCUT2D eigenvalue weighted by Crippen LogP contribution is -2.34. The van der Waals surface area contributed by atoms with Crippen molar-refractivity contribution in [3.8, 4) is 5.75 Å². The van der Waals surface area contributed by atoms with Crippen LogP contribution in [0.5, 0.6) is 5.75 Å². The van der Waals surface area contributed by atoms with Gasteiger partial charge in [0.05, 0.1) is 5.41 Å². The summed E-state index contributed by atoms with van der Waals surface area (Å²) in [4.78, 5) is 23.6. The molecule has 0 atom stereocenters. The molecule has 0 radical (unpaired) electrons. The van der Waals surface area contributed by atoms with Gasteiger partial charge in [-0.1, -0.05) is 32.6 Å². The normalized spacial score (nSPS) is 10.8. The van der Waals surface area contributed by atoms with Gasteiger partial charge in [0, 0.05) is 18.2 Å². The predicted octanol–water partition coefficient (Wildman–Crippen LogP) is 3.47. The van der Waals surface area contributed by atoms with E-state index < -0.39 is 11.4 Å². The molecule has 1 amide bonds. The summed E-state index contributed by atoms with van der Waals surface area (Å²) < 4.78 is 5.40. The van der Waals surface area contributed by atoms with Crippen molar-refractivity contribution in [3.63, 3.8) is 0 Å². The fourth-order valence-corrected chi connectivity index (χ4v) is 2.21. The summed E-state index contributed by atoms with van der Waals surface area (Å²) in [5, 5.41) is 12.1. The molecular weight excluding hydrogens is 282 g/mol. The van der Waals surface area contributed by atoms with Crippen LogP contribution in [0.2, 0.25) is 0 Å². The van der Waals surface area contributed by atoms with E-state index in [1.807, 2.05) is 0 Å². The number of carboxylic acids is 1. The fraction of sp³-hybridized carbons (Fsp3) is 0.412. The molecule has 0 aliphatic heterocycles. The molecule has 0 heterocycles. The van der Waals surface area contributed by atoms with Crippen LogP contribution in [0.25, 0.3) is 0 Å². The van der Waals surface area contributed by atoms with Crippen LogP contribution in [0, 0.1) is 5.41 Å². The second kappa shape index (κ2) is 8.22. The van der Waals surface area contributed by atoms with E-state index in [2.05, 4.69) is 11.9 Å². The van der Waals surface area contributed by atoms with E-state index in [1.165, 1.54) is 0 Å². The average Bonchev–Trinajstić information content (AvgIpc) is 2.50. The molecule has 0 aromatic heterocycles. The van der Waals surface area contributed by atoms with Crippen LogP contribution in [0.15, 0.2) is 36.9 Å². The highest BCUT2D eigenvalue weighted by molar-refractivity contribution is 5.94. The smallest absolute Gasteiger partial charge is 0.310 e. The van der Waals surface area contributed by atoms with Gasteiger partial charge in [-0.2, -0.15) is 0 Å². The van der Waals surface area contributed by atoms with Crippen LogP contribution in [0.1, 0.15) is 33.1 Å². The van der Waals surface area contributed by atoms with Crippen LogP contribution in [0.3, 0.4) is 0 Å². The molecule has 5 heteroatoms. The zero-order valence-corrected chi connectivity index (χ0v) is 13.1. The first-order chi connectivity index (χ1) is 10.5. The van der Waals surface area contributed by atoms with Gasteiger partial charge in [0.15, 0.2) is 0 Å². The Labute approximate surface area is 131 Å². The second-order valence-corrected chi connectivity index (χ2v) is 5.15. The van der Waals surface area contributed by atoms with E-state index in [0.29, 0.717) is 30.9 Å². The Kier molecular flexibility index (Phi) is 6.63. The summed E-state index contributed by atoms with van der Waals surface area (Å²) in [7, 11) is 0. The van der Waals surface area contributed by atoms with Crippen molar-refractivity contribution >= 4 is 17.6 Å². The summed E-state index contributed by atoms with van der Waals surface area (Å²) >= 11 is 0. The van der Waals surface area contributed by atoms with Gasteiger partial charge in [0.2, 0.25) is 5.91 Å². The van der Waals surface area contributed by atoms with E-state index in [1.54, 1.807) is 44.2 Å². The number of hydrogen-bond acceptors (Lipinski definition) is 3. The number of hydrogen-bond donors (Lipinski definition) is 2. The van der Waals surface area contributed by atoms with E-state index in [9.17, 15) is 14.7 Å². The molecule has 1 aromatic carbocycles. The first kappa shape index (κ1) is 17.8. The zero-order chi connectivity index (χ0) is 16.6. The van der Waals surface area contributed by atoms with Crippen LogP contribution in [-0.2, 0) is 9.59 Å². The Morgan fingerprint density at radius 2 is 2.05 bits per heavy atom. The molecule has 1 rings (SSSR count). The first-order valence-electron chi connectivity index (χ1n) is 7.34. The number of amides is 1. The van der Waals surface area contributed by atoms with Crippen LogP contribution in [0.4, 0.5) is 5.69 Å². The minimum absolute atomic E-state index is 0.0485. The number of ether oxygens (including phenoxy) is 1. The number of rotatable bonds is 9. The predicted molar refractivity (Wildman–Crippen MR) is 86.0 cm³/mol. The Bertz CT molecular complexity index is 535. The SMILES string of the molecule is C=CCOc1cccc(NC(=O)CC(CC)(CC)C(=O)O)c1. The fourth-order valence-electron chi connectivity index (χ4n) is 2.21. The number of carbonyl (C=O) groups is 2. The van der Waals surface area contributed by atoms with Gasteiger partial charge in [-0.25, -0.2) is 0 Å². The van der Waals surface area contributed by atoms with E-state index in [0.717, 1.165) is 0 Å². The molecule has 0 bridgehead atoms. The maximum Gasteiger partial charge on any atom is 0.310 e. The highest BCUT2D eigenvalue weighted by Crippen LogP contribution is 2.31. The molecule has 22 heavy (non-hydrogen) atoms. The maximum absolute atomic E-state index is 12.1. The van der Waals surface area contributed by atoms with Crippen molar-refractivity contribution in [2.24, 2.45) is 5.41 Å². The maximum atomic E-state index is 12.1. The van der Waals surface area contributed by atoms with Gasteiger partial charge >= 0.3 is 5.97 Å². The molecule has 120 valence electrons. The molecule has 5 nitrogen and oxygen atoms in total. The summed E-state index contributed by atoms with van der Waals surface area (Å²) in [6.07, 6.45) is 2.41. The largest absolute Gasteiger partial charge is 0.489 e. The molecule has 1 aromatic rings. The van der Waals surface area contributed by atoms with Gasteiger partial charge in [0.1, 0.15) is 12.4 Å². The zero-order valence-electron chi connectivity index (χ0n) is 13.1. The van der Waals surface area contributed by atoms with Crippen molar-refractivity contribution < 1.29 is 19.4 Å². The third-order valence-electron chi connectivity index (χ3n) is 3.79. The number of benzene rings is 1. The Balaban J connectivity index is 2.76. The molecule has 0 fully saturated rings. The lowest BCUT2D eigenvalue weighted by atomic mass is 9.79. The van der Waals surface area contributed by atoms with E-state index in [4.69, 9.17) is 4.74 Å². The van der Waals surface area contributed by atoms with Crippen LogP contribution in [-0.4, -0.2) is 23.6 Å². The summed E-state index contributed by atoms with van der Waals surface area (Å²) in [5.74, 6) is -0.629. The average molecular weight is 305 g/mol. The molecule has 2 N–H and O–H groups in total. The minimum Gasteiger partial charge on any atom is -0.489 e. The monoisotopic (exact) mass is 305 g/mol. The lowest BCUT2D eigenvalue weighted by Gasteiger charge is -2.25. The molecule has 0 unspecified atom stereocenters. The van der Waals surface area contributed by atoms with Crippen molar-refractivity contribution in [2.75, 3.05) is 11.9 Å². The van der Waals surface area contributed by atoms with Crippen LogP contribution >= 0.6 is 0 Å². The van der Waals surface area contributed by atoms with Gasteiger partial charge in [0.25, 0.3) is 0 Å². The Hall–Kier alpha value is -2.30. The van der Waals surface area contributed by atoms with Crippen LogP contribution < -0.4 is 10.1 Å². The second-order valence-electron chi connectivity index (χ2n) is 5.15. The molecule has 0 saturated heterocycles. The summed E-state index contributed by atoms with van der Waals surface area (Å²) in [6.45, 7) is 7.52. The number of carboxylic acid groups (broad SMARTS) is 1.